The minimum atomic E-state index is -0.704. The summed E-state index contributed by atoms with van der Waals surface area (Å²) in [6, 6.07) is 13.2. The number of anilines is 1. The zero-order valence-electron chi connectivity index (χ0n) is 17.4. The summed E-state index contributed by atoms with van der Waals surface area (Å²) in [4.78, 5) is 36.4. The fraction of sp³-hybridized carbons (Fsp3) is 0.217. The van der Waals surface area contributed by atoms with Crippen LogP contribution in [0.15, 0.2) is 53.1 Å². The summed E-state index contributed by atoms with van der Waals surface area (Å²) < 4.78 is 16.0. The molecule has 3 rings (SSSR count). The van der Waals surface area contributed by atoms with E-state index in [-0.39, 0.29) is 18.0 Å². The number of amides is 1. The highest BCUT2D eigenvalue weighted by Gasteiger charge is 2.18. The zero-order valence-corrected chi connectivity index (χ0v) is 17.4. The van der Waals surface area contributed by atoms with Gasteiger partial charge in [0.25, 0.3) is 5.91 Å². The maximum atomic E-state index is 12.5. The van der Waals surface area contributed by atoms with Crippen molar-refractivity contribution in [2.75, 3.05) is 11.9 Å². The van der Waals surface area contributed by atoms with Gasteiger partial charge in [-0.3, -0.25) is 9.59 Å². The van der Waals surface area contributed by atoms with Gasteiger partial charge < -0.3 is 19.3 Å². The van der Waals surface area contributed by atoms with Crippen molar-refractivity contribution in [2.45, 2.75) is 27.4 Å². The molecule has 0 bridgehead atoms. The average Bonchev–Trinajstić information content (AvgIpc) is 3.08. The third kappa shape index (κ3) is 5.36. The van der Waals surface area contributed by atoms with Gasteiger partial charge in [-0.25, -0.2) is 4.79 Å². The lowest BCUT2D eigenvalue weighted by Crippen LogP contribution is -2.22. The maximum Gasteiger partial charge on any atom is 0.342 e. The van der Waals surface area contributed by atoms with E-state index in [2.05, 4.69) is 10.5 Å². The van der Waals surface area contributed by atoms with E-state index in [1.54, 1.807) is 62.4 Å². The molecule has 160 valence electrons. The van der Waals surface area contributed by atoms with Gasteiger partial charge in [0.15, 0.2) is 12.4 Å². The number of para-hydroxylation sites is 2. The van der Waals surface area contributed by atoms with Crippen molar-refractivity contribution in [3.8, 4) is 5.75 Å². The Morgan fingerprint density at radius 1 is 1.00 bits per heavy atom. The molecule has 31 heavy (non-hydrogen) atoms. The molecule has 0 aliphatic rings. The van der Waals surface area contributed by atoms with E-state index in [1.165, 1.54) is 6.92 Å². The standard InChI is InChI=1S/C23H22N2O6/c1-14-19(16(3)31-25-14)12-29-21-11-7-5-9-18(21)23(28)30-13-22(27)24-20-10-6-4-8-17(20)15(2)26/h4-11H,12-13H2,1-3H3,(H,24,27). The largest absolute Gasteiger partial charge is 0.488 e. The van der Waals surface area contributed by atoms with Gasteiger partial charge in [-0.15, -0.1) is 0 Å². The molecule has 8 nitrogen and oxygen atoms in total. The molecule has 0 aliphatic carbocycles. The Kier molecular flexibility index (Phi) is 6.81. The molecule has 1 heterocycles. The van der Waals surface area contributed by atoms with Crippen molar-refractivity contribution in [1.29, 1.82) is 0 Å². The van der Waals surface area contributed by atoms with Crippen molar-refractivity contribution >= 4 is 23.3 Å². The number of carbonyl (C=O) groups excluding carboxylic acids is 3. The number of nitrogens with one attached hydrogen (secondary N) is 1. The summed E-state index contributed by atoms with van der Waals surface area (Å²) in [5.74, 6) is -0.493. The Morgan fingerprint density at radius 2 is 1.68 bits per heavy atom. The number of ketones is 1. The summed E-state index contributed by atoms with van der Waals surface area (Å²) in [5.41, 5.74) is 2.43. The van der Waals surface area contributed by atoms with E-state index in [9.17, 15) is 14.4 Å². The second-order valence-electron chi connectivity index (χ2n) is 6.81. The average molecular weight is 422 g/mol. The number of nitrogens with zero attached hydrogens (tertiary/aromatic N) is 1. The van der Waals surface area contributed by atoms with Crippen molar-refractivity contribution < 1.29 is 28.4 Å². The fourth-order valence-corrected chi connectivity index (χ4v) is 2.91. The second-order valence-corrected chi connectivity index (χ2v) is 6.81. The first-order valence-electron chi connectivity index (χ1n) is 9.57. The minimum absolute atomic E-state index is 0.174. The molecule has 0 unspecified atom stereocenters. The van der Waals surface area contributed by atoms with Crippen molar-refractivity contribution in [1.82, 2.24) is 5.16 Å². The number of aromatic nitrogens is 1. The molecule has 8 heteroatoms. The molecule has 0 aliphatic heterocycles. The van der Waals surface area contributed by atoms with E-state index in [0.29, 0.717) is 28.5 Å². The second kappa shape index (κ2) is 9.71. The number of hydrogen-bond acceptors (Lipinski definition) is 7. The van der Waals surface area contributed by atoms with Crippen LogP contribution in [-0.4, -0.2) is 29.4 Å². The highest BCUT2D eigenvalue weighted by molar-refractivity contribution is 6.04. The minimum Gasteiger partial charge on any atom is -0.488 e. The predicted octanol–water partition coefficient (Wildman–Crippen LogP) is 3.87. The Hall–Kier alpha value is -3.94. The summed E-state index contributed by atoms with van der Waals surface area (Å²) >= 11 is 0. The molecule has 0 fully saturated rings. The van der Waals surface area contributed by atoms with Crippen LogP contribution in [0.4, 0.5) is 5.69 Å². The van der Waals surface area contributed by atoms with Gasteiger partial charge >= 0.3 is 5.97 Å². The summed E-state index contributed by atoms with van der Waals surface area (Å²) in [5, 5.41) is 6.46. The fourth-order valence-electron chi connectivity index (χ4n) is 2.91. The molecule has 1 N–H and O–H groups in total. The molecule has 3 aromatic rings. The Balaban J connectivity index is 1.62. The first kappa shape index (κ1) is 21.8. The molecular formula is C23H22N2O6. The Labute approximate surface area is 179 Å². The van der Waals surface area contributed by atoms with E-state index >= 15 is 0 Å². The topological polar surface area (TPSA) is 108 Å². The molecule has 2 aromatic carbocycles. The first-order valence-corrected chi connectivity index (χ1v) is 9.57. The third-order valence-corrected chi connectivity index (χ3v) is 4.58. The molecule has 1 amide bonds. The highest BCUT2D eigenvalue weighted by atomic mass is 16.5. The smallest absolute Gasteiger partial charge is 0.342 e. The Morgan fingerprint density at radius 3 is 2.35 bits per heavy atom. The van der Waals surface area contributed by atoms with Crippen LogP contribution in [0.25, 0.3) is 0 Å². The number of carbonyl (C=O) groups is 3. The number of benzene rings is 2. The highest BCUT2D eigenvalue weighted by Crippen LogP contribution is 2.22. The summed E-state index contributed by atoms with van der Waals surface area (Å²) in [6.07, 6.45) is 0. The molecule has 0 radical (unpaired) electrons. The van der Waals surface area contributed by atoms with Crippen LogP contribution >= 0.6 is 0 Å². The van der Waals surface area contributed by atoms with E-state index < -0.39 is 18.5 Å². The third-order valence-electron chi connectivity index (χ3n) is 4.58. The number of ether oxygens (including phenoxy) is 2. The normalized spacial score (nSPS) is 10.4. The van der Waals surface area contributed by atoms with Crippen LogP contribution in [0.2, 0.25) is 0 Å². The lowest BCUT2D eigenvalue weighted by molar-refractivity contribution is -0.119. The Bertz CT molecular complexity index is 1100. The van der Waals surface area contributed by atoms with Crippen LogP contribution in [0.5, 0.6) is 5.75 Å². The van der Waals surface area contributed by atoms with Crippen LogP contribution < -0.4 is 10.1 Å². The van der Waals surface area contributed by atoms with Crippen LogP contribution in [0.1, 0.15) is 44.7 Å². The summed E-state index contributed by atoms with van der Waals surface area (Å²) in [7, 11) is 0. The predicted molar refractivity (Wildman–Crippen MR) is 112 cm³/mol. The van der Waals surface area contributed by atoms with Crippen LogP contribution in [-0.2, 0) is 16.1 Å². The van der Waals surface area contributed by atoms with Gasteiger partial charge in [-0.2, -0.15) is 0 Å². The molecule has 0 spiro atoms. The molecule has 0 saturated carbocycles. The van der Waals surface area contributed by atoms with Gasteiger partial charge in [0.05, 0.1) is 16.9 Å². The molecular weight excluding hydrogens is 400 g/mol. The van der Waals surface area contributed by atoms with Gasteiger partial charge in [0.1, 0.15) is 23.7 Å². The molecule has 1 aromatic heterocycles. The number of Topliss-reactive ketones (excluding diaryl/α,β-unsaturated/α-hetero) is 1. The monoisotopic (exact) mass is 422 g/mol. The SMILES string of the molecule is CC(=O)c1ccccc1NC(=O)COC(=O)c1ccccc1OCc1c(C)noc1C. The molecule has 0 saturated heterocycles. The quantitative estimate of drug-likeness (QED) is 0.434. The number of aryl methyl sites for hydroxylation is 2. The van der Waals surface area contributed by atoms with Crippen LogP contribution in [0.3, 0.4) is 0 Å². The number of hydrogen-bond donors (Lipinski definition) is 1. The van der Waals surface area contributed by atoms with Gasteiger partial charge in [0.2, 0.25) is 0 Å². The van der Waals surface area contributed by atoms with Gasteiger partial charge in [-0.1, -0.05) is 29.4 Å². The van der Waals surface area contributed by atoms with Gasteiger partial charge in [0, 0.05) is 5.56 Å². The maximum absolute atomic E-state index is 12.5. The lowest BCUT2D eigenvalue weighted by atomic mass is 10.1. The summed E-state index contributed by atoms with van der Waals surface area (Å²) in [6.45, 7) is 4.65. The van der Waals surface area contributed by atoms with Crippen LogP contribution in [0, 0.1) is 13.8 Å². The first-order chi connectivity index (χ1) is 14.9. The van der Waals surface area contributed by atoms with Crippen molar-refractivity contribution in [3.05, 3.63) is 76.7 Å². The van der Waals surface area contributed by atoms with Crippen molar-refractivity contribution in [2.24, 2.45) is 0 Å². The van der Waals surface area contributed by atoms with E-state index in [0.717, 1.165) is 5.56 Å². The van der Waals surface area contributed by atoms with Gasteiger partial charge in [-0.05, 0) is 45.0 Å². The molecule has 0 atom stereocenters. The number of esters is 1. The lowest BCUT2D eigenvalue weighted by Gasteiger charge is -2.12. The number of rotatable bonds is 8. The van der Waals surface area contributed by atoms with E-state index in [1.807, 2.05) is 0 Å². The van der Waals surface area contributed by atoms with Crippen molar-refractivity contribution in [3.63, 3.8) is 0 Å². The zero-order chi connectivity index (χ0) is 22.4. The van der Waals surface area contributed by atoms with E-state index in [4.69, 9.17) is 14.0 Å².